The molecule has 1 aliphatic rings. The lowest BCUT2D eigenvalue weighted by Gasteiger charge is -2.06. The Morgan fingerprint density at radius 1 is 1.25 bits per heavy atom. The quantitative estimate of drug-likeness (QED) is 0.782. The average Bonchev–Trinajstić information content (AvgIpc) is 2.76. The molecule has 0 bridgehead atoms. The van der Waals surface area contributed by atoms with Crippen LogP contribution in [-0.2, 0) is 6.42 Å². The SMILES string of the molecule is Nc1ccnc(-c2cccc3c2OCC3)n1. The third-order valence-electron chi connectivity index (χ3n) is 2.63. The summed E-state index contributed by atoms with van der Waals surface area (Å²) in [4.78, 5) is 8.42. The Morgan fingerprint density at radius 3 is 3.06 bits per heavy atom. The smallest absolute Gasteiger partial charge is 0.165 e. The van der Waals surface area contributed by atoms with Crippen LogP contribution in [0.2, 0.25) is 0 Å². The molecule has 80 valence electrons. The van der Waals surface area contributed by atoms with Crippen molar-refractivity contribution in [2.75, 3.05) is 12.3 Å². The van der Waals surface area contributed by atoms with Crippen LogP contribution in [-0.4, -0.2) is 16.6 Å². The Bertz CT molecular complexity index is 540. The van der Waals surface area contributed by atoms with E-state index < -0.39 is 0 Å². The first-order chi connectivity index (χ1) is 7.84. The van der Waals surface area contributed by atoms with E-state index >= 15 is 0 Å². The first-order valence-electron chi connectivity index (χ1n) is 5.18. The summed E-state index contributed by atoms with van der Waals surface area (Å²) in [7, 11) is 0. The third kappa shape index (κ3) is 1.39. The van der Waals surface area contributed by atoms with E-state index in [1.54, 1.807) is 12.3 Å². The lowest BCUT2D eigenvalue weighted by molar-refractivity contribution is 0.358. The van der Waals surface area contributed by atoms with Gasteiger partial charge in [0.05, 0.1) is 12.2 Å². The number of benzene rings is 1. The van der Waals surface area contributed by atoms with E-state index in [0.717, 1.165) is 24.3 Å². The molecule has 0 saturated carbocycles. The zero-order valence-electron chi connectivity index (χ0n) is 8.68. The second-order valence-electron chi connectivity index (χ2n) is 3.70. The largest absolute Gasteiger partial charge is 0.492 e. The van der Waals surface area contributed by atoms with E-state index in [1.165, 1.54) is 5.56 Å². The summed E-state index contributed by atoms with van der Waals surface area (Å²) < 4.78 is 5.60. The molecule has 2 heterocycles. The fourth-order valence-electron chi connectivity index (χ4n) is 1.89. The maximum atomic E-state index is 5.65. The highest BCUT2D eigenvalue weighted by Crippen LogP contribution is 2.34. The van der Waals surface area contributed by atoms with E-state index in [0.29, 0.717) is 11.6 Å². The second-order valence-corrected chi connectivity index (χ2v) is 3.70. The Kier molecular flexibility index (Phi) is 1.99. The summed E-state index contributed by atoms with van der Waals surface area (Å²) >= 11 is 0. The van der Waals surface area contributed by atoms with Crippen LogP contribution in [0.3, 0.4) is 0 Å². The van der Waals surface area contributed by atoms with Gasteiger partial charge in [-0.15, -0.1) is 0 Å². The summed E-state index contributed by atoms with van der Waals surface area (Å²) in [5.41, 5.74) is 7.78. The van der Waals surface area contributed by atoms with Gasteiger partial charge in [0.1, 0.15) is 11.6 Å². The molecule has 0 radical (unpaired) electrons. The molecule has 2 aromatic rings. The molecule has 0 unspecified atom stereocenters. The highest BCUT2D eigenvalue weighted by Gasteiger charge is 2.18. The molecule has 4 heteroatoms. The molecule has 1 aromatic carbocycles. The number of nitrogen functional groups attached to an aromatic ring is 1. The minimum atomic E-state index is 0.473. The van der Waals surface area contributed by atoms with Crippen LogP contribution in [0.5, 0.6) is 5.75 Å². The lowest BCUT2D eigenvalue weighted by Crippen LogP contribution is -1.96. The van der Waals surface area contributed by atoms with Crippen molar-refractivity contribution in [2.45, 2.75) is 6.42 Å². The molecule has 2 N–H and O–H groups in total. The summed E-state index contributed by atoms with van der Waals surface area (Å²) in [5.74, 6) is 1.99. The van der Waals surface area contributed by atoms with Crippen LogP contribution in [0.15, 0.2) is 30.5 Å². The number of fused-ring (bicyclic) bond motifs is 1. The number of anilines is 1. The van der Waals surface area contributed by atoms with E-state index in [2.05, 4.69) is 16.0 Å². The van der Waals surface area contributed by atoms with Gasteiger partial charge in [-0.25, -0.2) is 9.97 Å². The van der Waals surface area contributed by atoms with Crippen LogP contribution >= 0.6 is 0 Å². The fourth-order valence-corrected chi connectivity index (χ4v) is 1.89. The standard InChI is InChI=1S/C12H11N3O/c13-10-4-6-14-12(15-10)9-3-1-2-8-5-7-16-11(8)9/h1-4,6H,5,7H2,(H2,13,14,15). The summed E-state index contributed by atoms with van der Waals surface area (Å²) in [6.45, 7) is 0.731. The van der Waals surface area contributed by atoms with Gasteiger partial charge in [0.15, 0.2) is 5.82 Å². The third-order valence-corrected chi connectivity index (χ3v) is 2.63. The number of aromatic nitrogens is 2. The van der Waals surface area contributed by atoms with Crippen molar-refractivity contribution in [1.82, 2.24) is 9.97 Å². The van der Waals surface area contributed by atoms with Crippen LogP contribution in [0.1, 0.15) is 5.56 Å². The Labute approximate surface area is 93.1 Å². The Morgan fingerprint density at radius 2 is 2.19 bits per heavy atom. The van der Waals surface area contributed by atoms with Crippen molar-refractivity contribution in [3.63, 3.8) is 0 Å². The van der Waals surface area contributed by atoms with Crippen LogP contribution in [0, 0.1) is 0 Å². The second kappa shape index (κ2) is 3.48. The van der Waals surface area contributed by atoms with Gasteiger partial charge in [-0.1, -0.05) is 12.1 Å². The lowest BCUT2D eigenvalue weighted by atomic mass is 10.1. The molecule has 0 amide bonds. The maximum absolute atomic E-state index is 5.65. The molecule has 4 nitrogen and oxygen atoms in total. The number of nitrogens with zero attached hydrogens (tertiary/aromatic N) is 2. The molecule has 1 aromatic heterocycles. The van der Waals surface area contributed by atoms with Crippen molar-refractivity contribution in [2.24, 2.45) is 0 Å². The number of hydrogen-bond donors (Lipinski definition) is 1. The fraction of sp³-hybridized carbons (Fsp3) is 0.167. The topological polar surface area (TPSA) is 61.0 Å². The zero-order valence-corrected chi connectivity index (χ0v) is 8.68. The highest BCUT2D eigenvalue weighted by atomic mass is 16.5. The minimum absolute atomic E-state index is 0.473. The van der Waals surface area contributed by atoms with Gasteiger partial charge >= 0.3 is 0 Å². The van der Waals surface area contributed by atoms with Gasteiger partial charge in [0, 0.05) is 12.6 Å². The number of nitrogens with two attached hydrogens (primary N) is 1. The minimum Gasteiger partial charge on any atom is -0.492 e. The van der Waals surface area contributed by atoms with E-state index in [-0.39, 0.29) is 0 Å². The normalized spacial score (nSPS) is 13.2. The zero-order chi connectivity index (χ0) is 11.0. The Hall–Kier alpha value is -2.10. The summed E-state index contributed by atoms with van der Waals surface area (Å²) in [6.07, 6.45) is 2.61. The molecule has 0 aliphatic carbocycles. The number of para-hydroxylation sites is 1. The Balaban J connectivity index is 2.17. The van der Waals surface area contributed by atoms with Crippen LogP contribution in [0.25, 0.3) is 11.4 Å². The molecular weight excluding hydrogens is 202 g/mol. The van der Waals surface area contributed by atoms with Gasteiger partial charge in [0.2, 0.25) is 0 Å². The number of ether oxygens (including phenoxy) is 1. The molecule has 0 saturated heterocycles. The molecule has 3 rings (SSSR count). The highest BCUT2D eigenvalue weighted by molar-refractivity contribution is 5.68. The van der Waals surface area contributed by atoms with Crippen LogP contribution < -0.4 is 10.5 Å². The van der Waals surface area contributed by atoms with Gasteiger partial charge in [-0.05, 0) is 17.7 Å². The first kappa shape index (κ1) is 9.15. The monoisotopic (exact) mass is 213 g/mol. The summed E-state index contributed by atoms with van der Waals surface area (Å²) in [5, 5.41) is 0. The molecule has 0 atom stereocenters. The van der Waals surface area contributed by atoms with Crippen molar-refractivity contribution in [3.05, 3.63) is 36.0 Å². The number of hydrogen-bond acceptors (Lipinski definition) is 4. The molecular formula is C12H11N3O. The van der Waals surface area contributed by atoms with Gasteiger partial charge in [-0.2, -0.15) is 0 Å². The van der Waals surface area contributed by atoms with E-state index in [4.69, 9.17) is 10.5 Å². The van der Waals surface area contributed by atoms with Crippen LogP contribution in [0.4, 0.5) is 5.82 Å². The van der Waals surface area contributed by atoms with Crippen molar-refractivity contribution in [3.8, 4) is 17.1 Å². The maximum Gasteiger partial charge on any atom is 0.165 e. The summed E-state index contributed by atoms with van der Waals surface area (Å²) in [6, 6.07) is 7.69. The first-order valence-corrected chi connectivity index (χ1v) is 5.18. The molecule has 16 heavy (non-hydrogen) atoms. The molecule has 0 spiro atoms. The van der Waals surface area contributed by atoms with Crippen molar-refractivity contribution >= 4 is 5.82 Å². The van der Waals surface area contributed by atoms with Crippen molar-refractivity contribution in [1.29, 1.82) is 0 Å². The van der Waals surface area contributed by atoms with Gasteiger partial charge in [0.25, 0.3) is 0 Å². The van der Waals surface area contributed by atoms with E-state index in [1.807, 2.05) is 12.1 Å². The van der Waals surface area contributed by atoms with E-state index in [9.17, 15) is 0 Å². The molecule has 0 fully saturated rings. The predicted molar refractivity (Wildman–Crippen MR) is 61.1 cm³/mol. The van der Waals surface area contributed by atoms with Gasteiger partial charge in [-0.3, -0.25) is 0 Å². The molecule has 1 aliphatic heterocycles. The van der Waals surface area contributed by atoms with Gasteiger partial charge < -0.3 is 10.5 Å². The van der Waals surface area contributed by atoms with Crippen molar-refractivity contribution < 1.29 is 4.74 Å². The average molecular weight is 213 g/mol. The number of rotatable bonds is 1. The predicted octanol–water partition coefficient (Wildman–Crippen LogP) is 1.66.